The first-order valence-electron chi connectivity index (χ1n) is 8.65. The highest BCUT2D eigenvalue weighted by atomic mass is 35.5. The fourth-order valence-electron chi connectivity index (χ4n) is 2.47. The zero-order chi connectivity index (χ0) is 18.6. The minimum Gasteiger partial charge on any atom is -0.396 e. The molecule has 26 heavy (non-hydrogen) atoms. The summed E-state index contributed by atoms with van der Waals surface area (Å²) in [6.45, 7) is 2.43. The summed E-state index contributed by atoms with van der Waals surface area (Å²) in [6.07, 6.45) is 0. The average Bonchev–Trinajstić information content (AvgIpc) is 2.68. The number of aliphatic hydroxyl groups excluding tert-OH is 1. The summed E-state index contributed by atoms with van der Waals surface area (Å²) in [7, 11) is 1.72. The van der Waals surface area contributed by atoms with Crippen LogP contribution >= 0.6 is 11.6 Å². The first-order valence-corrected chi connectivity index (χ1v) is 9.03. The van der Waals surface area contributed by atoms with Crippen molar-refractivity contribution >= 4 is 17.6 Å². The van der Waals surface area contributed by atoms with Crippen molar-refractivity contribution in [2.45, 2.75) is 12.5 Å². The second kappa shape index (κ2) is 11.5. The van der Waals surface area contributed by atoms with Crippen LogP contribution in [-0.4, -0.2) is 44.4 Å². The number of nitrogens with zero attached hydrogens (tertiary/aromatic N) is 1. The lowest BCUT2D eigenvalue weighted by Gasteiger charge is -2.18. The molecule has 6 heteroatoms. The van der Waals surface area contributed by atoms with Gasteiger partial charge in [0.15, 0.2) is 5.96 Å². The van der Waals surface area contributed by atoms with E-state index < -0.39 is 0 Å². The third kappa shape index (κ3) is 7.04. The van der Waals surface area contributed by atoms with Crippen molar-refractivity contribution in [3.05, 3.63) is 70.7 Å². The van der Waals surface area contributed by atoms with Crippen molar-refractivity contribution in [3.63, 3.8) is 0 Å². The van der Waals surface area contributed by atoms with E-state index in [0.717, 1.165) is 16.1 Å². The minimum atomic E-state index is 0.0240. The summed E-state index contributed by atoms with van der Waals surface area (Å²) < 4.78 is 5.64. The summed E-state index contributed by atoms with van der Waals surface area (Å²) in [5.74, 6) is 0.713. The number of aliphatic hydroxyl groups is 1. The Balaban J connectivity index is 1.66. The number of aliphatic imine (C=N–C) groups is 1. The smallest absolute Gasteiger partial charge is 0.191 e. The molecule has 0 fully saturated rings. The molecule has 0 radical (unpaired) electrons. The highest BCUT2D eigenvalue weighted by molar-refractivity contribution is 6.30. The van der Waals surface area contributed by atoms with E-state index in [9.17, 15) is 5.11 Å². The molecule has 0 spiro atoms. The predicted molar refractivity (Wildman–Crippen MR) is 107 cm³/mol. The molecule has 2 rings (SSSR count). The van der Waals surface area contributed by atoms with E-state index in [0.29, 0.717) is 32.3 Å². The molecule has 2 aromatic rings. The molecule has 1 unspecified atom stereocenters. The van der Waals surface area contributed by atoms with Crippen LogP contribution in [0.15, 0.2) is 59.6 Å². The Morgan fingerprint density at radius 1 is 1.12 bits per heavy atom. The monoisotopic (exact) mass is 375 g/mol. The van der Waals surface area contributed by atoms with Gasteiger partial charge in [0.2, 0.25) is 0 Å². The second-order valence-electron chi connectivity index (χ2n) is 5.85. The number of hydrogen-bond donors (Lipinski definition) is 3. The van der Waals surface area contributed by atoms with Crippen LogP contribution in [0.25, 0.3) is 0 Å². The van der Waals surface area contributed by atoms with Crippen LogP contribution in [0.1, 0.15) is 17.0 Å². The fraction of sp³-hybridized carbons (Fsp3) is 0.350. The van der Waals surface area contributed by atoms with Crippen molar-refractivity contribution in [1.82, 2.24) is 10.6 Å². The minimum absolute atomic E-state index is 0.0240. The van der Waals surface area contributed by atoms with Gasteiger partial charge in [-0.25, -0.2) is 0 Å². The third-order valence-electron chi connectivity index (χ3n) is 3.95. The lowest BCUT2D eigenvalue weighted by atomic mass is 10.0. The van der Waals surface area contributed by atoms with Gasteiger partial charge in [-0.3, -0.25) is 4.99 Å². The van der Waals surface area contributed by atoms with Crippen molar-refractivity contribution in [3.8, 4) is 0 Å². The third-order valence-corrected chi connectivity index (χ3v) is 4.20. The Bertz CT molecular complexity index is 663. The average molecular weight is 376 g/mol. The Kier molecular flexibility index (Phi) is 8.96. The highest BCUT2D eigenvalue weighted by Crippen LogP contribution is 2.13. The molecular weight excluding hydrogens is 350 g/mol. The standard InChI is InChI=1S/C20H26ClN3O2/c1-22-20(24-13-18(14-25)17-5-3-2-4-6-17)23-11-12-26-15-16-7-9-19(21)10-8-16/h2-10,18,25H,11-15H2,1H3,(H2,22,23,24). The first kappa shape index (κ1) is 20.2. The highest BCUT2D eigenvalue weighted by Gasteiger charge is 2.10. The number of rotatable bonds is 9. The Labute approximate surface area is 160 Å². The quantitative estimate of drug-likeness (QED) is 0.358. The van der Waals surface area contributed by atoms with Gasteiger partial charge in [-0.15, -0.1) is 0 Å². The Hall–Kier alpha value is -2.08. The fourth-order valence-corrected chi connectivity index (χ4v) is 2.59. The van der Waals surface area contributed by atoms with E-state index in [1.54, 1.807) is 7.05 Å². The maximum absolute atomic E-state index is 9.61. The summed E-state index contributed by atoms with van der Waals surface area (Å²) >= 11 is 5.86. The molecule has 0 aliphatic heterocycles. The lowest BCUT2D eigenvalue weighted by molar-refractivity contribution is 0.125. The van der Waals surface area contributed by atoms with Crippen molar-refractivity contribution in [1.29, 1.82) is 0 Å². The molecule has 140 valence electrons. The largest absolute Gasteiger partial charge is 0.396 e. The number of nitrogens with one attached hydrogen (secondary N) is 2. The molecule has 0 amide bonds. The molecule has 0 aliphatic carbocycles. The number of guanidine groups is 1. The first-order chi connectivity index (χ1) is 12.7. The second-order valence-corrected chi connectivity index (χ2v) is 6.29. The number of hydrogen-bond acceptors (Lipinski definition) is 3. The van der Waals surface area contributed by atoms with Gasteiger partial charge in [-0.05, 0) is 23.3 Å². The van der Waals surface area contributed by atoms with E-state index >= 15 is 0 Å². The van der Waals surface area contributed by atoms with Gasteiger partial charge >= 0.3 is 0 Å². The van der Waals surface area contributed by atoms with Crippen LogP contribution in [0.2, 0.25) is 5.02 Å². The van der Waals surface area contributed by atoms with E-state index in [4.69, 9.17) is 16.3 Å². The molecule has 0 aliphatic rings. The topological polar surface area (TPSA) is 65.9 Å². The summed E-state index contributed by atoms with van der Waals surface area (Å²) in [5, 5.41) is 16.8. The van der Waals surface area contributed by atoms with Crippen LogP contribution in [0.4, 0.5) is 0 Å². The molecule has 5 nitrogen and oxygen atoms in total. The van der Waals surface area contributed by atoms with E-state index in [1.807, 2.05) is 54.6 Å². The molecule has 3 N–H and O–H groups in total. The summed E-state index contributed by atoms with van der Waals surface area (Å²) in [6, 6.07) is 17.6. The maximum atomic E-state index is 9.61. The molecule has 2 aromatic carbocycles. The van der Waals surface area contributed by atoms with E-state index in [1.165, 1.54) is 0 Å². The molecule has 0 saturated heterocycles. The molecule has 1 atom stereocenters. The van der Waals surface area contributed by atoms with Gasteiger partial charge in [-0.2, -0.15) is 0 Å². The molecule has 0 aromatic heterocycles. The maximum Gasteiger partial charge on any atom is 0.191 e. The number of benzene rings is 2. The molecule has 0 bridgehead atoms. The summed E-state index contributed by atoms with van der Waals surface area (Å²) in [4.78, 5) is 4.20. The summed E-state index contributed by atoms with van der Waals surface area (Å²) in [5.41, 5.74) is 2.19. The predicted octanol–water partition coefficient (Wildman–Crippen LogP) is 2.80. The van der Waals surface area contributed by atoms with E-state index in [2.05, 4.69) is 15.6 Å². The van der Waals surface area contributed by atoms with Gasteiger partial charge in [0, 0.05) is 31.1 Å². The van der Waals surface area contributed by atoms with Gasteiger partial charge in [0.25, 0.3) is 0 Å². The van der Waals surface area contributed by atoms with Crippen molar-refractivity contribution in [2.24, 2.45) is 4.99 Å². The van der Waals surface area contributed by atoms with Gasteiger partial charge in [0.05, 0.1) is 19.8 Å². The Morgan fingerprint density at radius 3 is 2.50 bits per heavy atom. The lowest BCUT2D eigenvalue weighted by Crippen LogP contribution is -2.41. The van der Waals surface area contributed by atoms with Crippen LogP contribution in [0, 0.1) is 0 Å². The van der Waals surface area contributed by atoms with Crippen LogP contribution < -0.4 is 10.6 Å². The van der Waals surface area contributed by atoms with Crippen LogP contribution in [-0.2, 0) is 11.3 Å². The SMILES string of the molecule is CN=C(NCCOCc1ccc(Cl)cc1)NCC(CO)c1ccccc1. The number of ether oxygens (including phenoxy) is 1. The molecular formula is C20H26ClN3O2. The van der Waals surface area contributed by atoms with Crippen molar-refractivity contribution < 1.29 is 9.84 Å². The van der Waals surface area contributed by atoms with Crippen LogP contribution in [0.3, 0.4) is 0 Å². The normalized spacial score (nSPS) is 12.7. The van der Waals surface area contributed by atoms with E-state index in [-0.39, 0.29) is 12.5 Å². The van der Waals surface area contributed by atoms with Gasteiger partial charge in [-0.1, -0.05) is 54.1 Å². The zero-order valence-corrected chi connectivity index (χ0v) is 15.7. The Morgan fingerprint density at radius 2 is 1.85 bits per heavy atom. The molecule has 0 heterocycles. The van der Waals surface area contributed by atoms with Gasteiger partial charge in [0.1, 0.15) is 0 Å². The molecule has 0 saturated carbocycles. The van der Waals surface area contributed by atoms with Gasteiger partial charge < -0.3 is 20.5 Å². The van der Waals surface area contributed by atoms with Crippen molar-refractivity contribution in [2.75, 3.05) is 33.4 Å². The number of halogens is 1. The zero-order valence-electron chi connectivity index (χ0n) is 15.0. The van der Waals surface area contributed by atoms with Crippen LogP contribution in [0.5, 0.6) is 0 Å².